The Morgan fingerprint density at radius 3 is 2.50 bits per heavy atom. The highest BCUT2D eigenvalue weighted by atomic mass is 127. The van der Waals surface area contributed by atoms with Crippen LogP contribution in [-0.4, -0.2) is 14.6 Å². The van der Waals surface area contributed by atoms with Crippen LogP contribution in [0.25, 0.3) is 17.0 Å². The van der Waals surface area contributed by atoms with Gasteiger partial charge < -0.3 is 0 Å². The molecule has 0 spiro atoms. The molecule has 3 rings (SSSR count). The van der Waals surface area contributed by atoms with E-state index >= 15 is 0 Å². The summed E-state index contributed by atoms with van der Waals surface area (Å²) in [5.74, 6) is 0.650. The zero-order valence-corrected chi connectivity index (χ0v) is 12.6. The van der Waals surface area contributed by atoms with Crippen LogP contribution < -0.4 is 0 Å². The number of aromatic nitrogens is 3. The van der Waals surface area contributed by atoms with Gasteiger partial charge in [-0.25, -0.2) is 0 Å². The number of benzene rings is 1. The van der Waals surface area contributed by atoms with Gasteiger partial charge in [0.15, 0.2) is 11.5 Å². The minimum absolute atomic E-state index is 0.565. The summed E-state index contributed by atoms with van der Waals surface area (Å²) in [7, 11) is 0. The first-order valence-corrected chi connectivity index (χ1v) is 6.95. The van der Waals surface area contributed by atoms with Crippen molar-refractivity contribution in [2.24, 2.45) is 0 Å². The molecule has 1 aromatic carbocycles. The number of hydrogen-bond acceptors (Lipinski definition) is 2. The summed E-state index contributed by atoms with van der Waals surface area (Å²) in [4.78, 5) is 0. The fourth-order valence-electron chi connectivity index (χ4n) is 1.75. The molecule has 0 fully saturated rings. The van der Waals surface area contributed by atoms with E-state index in [-0.39, 0.29) is 0 Å². The predicted molar refractivity (Wildman–Crippen MR) is 81.2 cm³/mol. The predicted octanol–water partition coefficient (Wildman–Crippen LogP) is 4.31. The number of nitrogens with zero attached hydrogens (tertiary/aromatic N) is 3. The second-order valence-corrected chi connectivity index (χ2v) is 5.75. The van der Waals surface area contributed by atoms with Gasteiger partial charge >= 0.3 is 0 Å². The molecular formula is C12H6Cl2IN3. The fourth-order valence-corrected chi connectivity index (χ4v) is 2.75. The van der Waals surface area contributed by atoms with Gasteiger partial charge in [-0.3, -0.25) is 4.40 Å². The summed E-state index contributed by atoms with van der Waals surface area (Å²) >= 11 is 14.6. The number of pyridine rings is 1. The molecule has 3 nitrogen and oxygen atoms in total. The number of halogens is 3. The summed E-state index contributed by atoms with van der Waals surface area (Å²) in [6.07, 6.45) is 1.91. The van der Waals surface area contributed by atoms with Gasteiger partial charge in [-0.1, -0.05) is 29.3 Å². The molecule has 2 aromatic heterocycles. The second kappa shape index (κ2) is 4.68. The van der Waals surface area contributed by atoms with Crippen molar-refractivity contribution >= 4 is 51.4 Å². The van der Waals surface area contributed by atoms with Gasteiger partial charge in [-0.15, -0.1) is 10.2 Å². The van der Waals surface area contributed by atoms with Crippen LogP contribution in [0.5, 0.6) is 0 Å². The van der Waals surface area contributed by atoms with Gasteiger partial charge in [0.1, 0.15) is 0 Å². The Bertz CT molecular complexity index is 719. The number of rotatable bonds is 1. The van der Waals surface area contributed by atoms with E-state index in [1.54, 1.807) is 18.2 Å². The van der Waals surface area contributed by atoms with E-state index in [1.807, 2.05) is 22.7 Å². The maximum absolute atomic E-state index is 6.19. The normalized spacial score (nSPS) is 11.1. The van der Waals surface area contributed by atoms with Crippen LogP contribution in [0.3, 0.4) is 0 Å². The van der Waals surface area contributed by atoms with Gasteiger partial charge in [-0.2, -0.15) is 0 Å². The Kier molecular flexibility index (Phi) is 3.17. The van der Waals surface area contributed by atoms with E-state index in [9.17, 15) is 0 Å². The Morgan fingerprint density at radius 2 is 1.78 bits per heavy atom. The minimum Gasteiger partial charge on any atom is -0.282 e. The molecule has 0 amide bonds. The number of fused-ring (bicyclic) bond motifs is 1. The van der Waals surface area contributed by atoms with Gasteiger partial charge in [-0.05, 0) is 46.9 Å². The van der Waals surface area contributed by atoms with Crippen LogP contribution in [0.15, 0.2) is 36.5 Å². The SMILES string of the molecule is Clc1cccc(Cl)c1-c1nnc2cc(I)ccn12. The van der Waals surface area contributed by atoms with Gasteiger partial charge in [0.2, 0.25) is 0 Å². The van der Waals surface area contributed by atoms with E-state index in [1.165, 1.54) is 0 Å². The maximum Gasteiger partial charge on any atom is 0.171 e. The molecule has 0 aliphatic rings. The molecule has 0 N–H and O–H groups in total. The van der Waals surface area contributed by atoms with E-state index in [0.29, 0.717) is 21.4 Å². The molecule has 3 aromatic rings. The molecule has 0 aliphatic heterocycles. The highest BCUT2D eigenvalue weighted by molar-refractivity contribution is 14.1. The summed E-state index contributed by atoms with van der Waals surface area (Å²) in [6, 6.07) is 9.31. The van der Waals surface area contributed by atoms with Crippen LogP contribution in [0.1, 0.15) is 0 Å². The van der Waals surface area contributed by atoms with Crippen LogP contribution in [0, 0.1) is 3.57 Å². The fraction of sp³-hybridized carbons (Fsp3) is 0. The molecule has 90 valence electrons. The Morgan fingerprint density at radius 1 is 1.06 bits per heavy atom. The van der Waals surface area contributed by atoms with Crippen molar-refractivity contribution in [1.29, 1.82) is 0 Å². The monoisotopic (exact) mass is 389 g/mol. The molecule has 0 aliphatic carbocycles. The smallest absolute Gasteiger partial charge is 0.171 e. The summed E-state index contributed by atoms with van der Waals surface area (Å²) in [5.41, 5.74) is 1.47. The van der Waals surface area contributed by atoms with Crippen molar-refractivity contribution in [2.45, 2.75) is 0 Å². The van der Waals surface area contributed by atoms with Gasteiger partial charge in [0.05, 0.1) is 15.6 Å². The van der Waals surface area contributed by atoms with E-state index < -0.39 is 0 Å². The van der Waals surface area contributed by atoms with Crippen LogP contribution in [0.4, 0.5) is 0 Å². The standard InChI is InChI=1S/C12H6Cl2IN3/c13-8-2-1-3-9(14)11(8)12-17-16-10-6-7(15)4-5-18(10)12/h1-6H. The van der Waals surface area contributed by atoms with Gasteiger partial charge in [0.25, 0.3) is 0 Å². The molecule has 2 heterocycles. The van der Waals surface area contributed by atoms with Crippen LogP contribution in [-0.2, 0) is 0 Å². The first kappa shape index (κ1) is 12.2. The first-order valence-electron chi connectivity index (χ1n) is 5.11. The van der Waals surface area contributed by atoms with E-state index in [0.717, 1.165) is 9.22 Å². The summed E-state index contributed by atoms with van der Waals surface area (Å²) in [5, 5.41) is 9.43. The van der Waals surface area contributed by atoms with E-state index in [4.69, 9.17) is 23.2 Å². The van der Waals surface area contributed by atoms with Crippen molar-refractivity contribution in [3.63, 3.8) is 0 Å². The maximum atomic E-state index is 6.19. The van der Waals surface area contributed by atoms with Gasteiger partial charge in [0, 0.05) is 9.77 Å². The second-order valence-electron chi connectivity index (χ2n) is 3.69. The molecular weight excluding hydrogens is 384 g/mol. The number of hydrogen-bond donors (Lipinski definition) is 0. The highest BCUT2D eigenvalue weighted by Gasteiger charge is 2.14. The minimum atomic E-state index is 0.565. The lowest BCUT2D eigenvalue weighted by Gasteiger charge is -2.04. The van der Waals surface area contributed by atoms with E-state index in [2.05, 4.69) is 32.8 Å². The molecule has 0 radical (unpaired) electrons. The summed E-state index contributed by atoms with van der Waals surface area (Å²) < 4.78 is 2.97. The van der Waals surface area contributed by atoms with Crippen molar-refractivity contribution in [1.82, 2.24) is 14.6 Å². The molecule has 0 atom stereocenters. The third-order valence-corrected chi connectivity index (χ3v) is 3.86. The Labute approximate surface area is 127 Å². The quantitative estimate of drug-likeness (QED) is 0.580. The topological polar surface area (TPSA) is 30.2 Å². The average molecular weight is 390 g/mol. The van der Waals surface area contributed by atoms with Crippen molar-refractivity contribution in [3.05, 3.63) is 50.1 Å². The molecule has 0 bridgehead atoms. The average Bonchev–Trinajstić information content (AvgIpc) is 2.72. The molecule has 0 unspecified atom stereocenters. The highest BCUT2D eigenvalue weighted by Crippen LogP contribution is 2.33. The third kappa shape index (κ3) is 1.98. The first-order chi connectivity index (χ1) is 8.66. The molecule has 0 saturated heterocycles. The largest absolute Gasteiger partial charge is 0.282 e. The van der Waals surface area contributed by atoms with Crippen molar-refractivity contribution < 1.29 is 0 Å². The zero-order valence-electron chi connectivity index (χ0n) is 8.94. The molecule has 18 heavy (non-hydrogen) atoms. The third-order valence-electron chi connectivity index (χ3n) is 2.56. The zero-order chi connectivity index (χ0) is 12.7. The Hall–Kier alpha value is -0.850. The Balaban J connectivity index is 2.32. The lowest BCUT2D eigenvalue weighted by molar-refractivity contribution is 1.11. The van der Waals surface area contributed by atoms with Crippen LogP contribution in [0.2, 0.25) is 10.0 Å². The molecule has 0 saturated carbocycles. The van der Waals surface area contributed by atoms with Crippen LogP contribution >= 0.6 is 45.8 Å². The lowest BCUT2D eigenvalue weighted by Crippen LogP contribution is -1.91. The molecule has 6 heteroatoms. The van der Waals surface area contributed by atoms with Crippen molar-refractivity contribution in [2.75, 3.05) is 0 Å². The lowest BCUT2D eigenvalue weighted by atomic mass is 10.2. The summed E-state index contributed by atoms with van der Waals surface area (Å²) in [6.45, 7) is 0. The van der Waals surface area contributed by atoms with Crippen molar-refractivity contribution in [3.8, 4) is 11.4 Å².